The second-order valence-corrected chi connectivity index (χ2v) is 169. The summed E-state index contributed by atoms with van der Waals surface area (Å²) in [7, 11) is 0. The molecular formula is CH3BrI4Pb. The van der Waals surface area contributed by atoms with Gasteiger partial charge < -0.3 is 0 Å². The summed E-state index contributed by atoms with van der Waals surface area (Å²) in [6.45, 7) is 0. The van der Waals surface area contributed by atoms with Crippen molar-refractivity contribution in [2.75, 3.05) is 5.83 Å². The first-order valence-electron chi connectivity index (χ1n) is 1.13. The van der Waals surface area contributed by atoms with Gasteiger partial charge in [-0.15, -0.1) is 0 Å². The number of alkyl halides is 1. The molecule has 0 aromatic rings. The zero-order chi connectivity index (χ0) is 6.50. The van der Waals surface area contributed by atoms with E-state index in [2.05, 4.69) is 87.0 Å². The molecule has 46 valence electrons. The van der Waals surface area contributed by atoms with Crippen LogP contribution in [0.25, 0.3) is 0 Å². The minimum absolute atomic E-state index is 1.40. The zero-order valence-corrected chi connectivity index (χ0v) is 17.5. The fourth-order valence-corrected chi connectivity index (χ4v) is 0. The van der Waals surface area contributed by atoms with Crippen LogP contribution < -0.4 is 0 Å². The Bertz CT molecular complexity index is 27.2. The van der Waals surface area contributed by atoms with Crippen molar-refractivity contribution >= 4 is 91.0 Å². The van der Waals surface area contributed by atoms with Gasteiger partial charge in [-0.3, -0.25) is 0 Å². The van der Waals surface area contributed by atoms with Crippen molar-refractivity contribution in [3.8, 4) is 0 Å². The van der Waals surface area contributed by atoms with E-state index in [-0.39, 0.29) is 0 Å². The van der Waals surface area contributed by atoms with Crippen molar-refractivity contribution < 1.29 is 0 Å². The van der Waals surface area contributed by atoms with Gasteiger partial charge in [-0.05, 0) is 5.83 Å². The van der Waals surface area contributed by atoms with Gasteiger partial charge in [0.25, 0.3) is 0 Å². The van der Waals surface area contributed by atoms with E-state index in [9.17, 15) is 0 Å². The second-order valence-electron chi connectivity index (χ2n) is 0.429. The molecule has 0 unspecified atom stereocenters. The van der Waals surface area contributed by atoms with Crippen LogP contribution in [-0.4, -0.2) is 9.83 Å². The van der Waals surface area contributed by atoms with Crippen LogP contribution in [0.4, 0.5) is 0 Å². The number of rotatable bonds is 0. The average Bonchev–Trinajstić information content (AvgIpc) is 1.36. The molecular weight excluding hydrogens is 807 g/mol. The van der Waals surface area contributed by atoms with E-state index >= 15 is 0 Å². The van der Waals surface area contributed by atoms with Crippen molar-refractivity contribution in [1.29, 1.82) is 0 Å². The molecule has 0 nitrogen and oxygen atoms in total. The molecule has 0 atom stereocenters. The molecule has 7 heavy (non-hydrogen) atoms. The SMILES string of the molecule is CBr.[I][Pb]([I])([I])[I]. The molecule has 0 saturated heterocycles. The standard InChI is InChI=1S/CH3Br.4HI.Pb/c1-2;;;;;/h1H3;4*1H;/q;;;;;+4/p-4. The molecule has 0 amide bonds. The maximum absolute atomic E-state index is 2.94. The summed E-state index contributed by atoms with van der Waals surface area (Å²) in [5, 5.41) is 0. The molecule has 0 fully saturated rings. The number of hydrogen-bond acceptors (Lipinski definition) is 0. The van der Waals surface area contributed by atoms with Crippen molar-refractivity contribution in [3.05, 3.63) is 0 Å². The Labute approximate surface area is 93.3 Å². The van der Waals surface area contributed by atoms with Gasteiger partial charge in [0, 0.05) is 0 Å². The summed E-state index contributed by atoms with van der Waals surface area (Å²) >= 11 is 13.2. The van der Waals surface area contributed by atoms with Crippen LogP contribution in [0.5, 0.6) is 0 Å². The van der Waals surface area contributed by atoms with Gasteiger partial charge in [-0.2, -0.15) is 0 Å². The Hall–Kier alpha value is 4.32. The molecule has 0 aromatic heterocycles. The van der Waals surface area contributed by atoms with Crippen LogP contribution in [0.2, 0.25) is 0 Å². The van der Waals surface area contributed by atoms with E-state index in [1.165, 1.54) is 0 Å². The van der Waals surface area contributed by atoms with E-state index in [0.29, 0.717) is 0 Å². The van der Waals surface area contributed by atoms with Crippen LogP contribution in [0.3, 0.4) is 0 Å². The van der Waals surface area contributed by atoms with Gasteiger partial charge in [0.15, 0.2) is 0 Å². The van der Waals surface area contributed by atoms with Gasteiger partial charge in [0.1, 0.15) is 0 Å². The minimum atomic E-state index is -1.40. The van der Waals surface area contributed by atoms with Gasteiger partial charge in [0.2, 0.25) is 0 Å². The fourth-order valence-electron chi connectivity index (χ4n) is 0. The monoisotopic (exact) mass is 810 g/mol. The number of hydrogen-bond donors (Lipinski definition) is 0. The normalized spacial score (nSPS) is 9.43. The van der Waals surface area contributed by atoms with Gasteiger partial charge in [-0.1, -0.05) is 15.9 Å². The summed E-state index contributed by atoms with van der Waals surface area (Å²) in [5.41, 5.74) is 0. The first-order valence-corrected chi connectivity index (χ1v) is 46.5. The van der Waals surface area contributed by atoms with E-state index in [1.54, 1.807) is 0 Å². The van der Waals surface area contributed by atoms with Crippen molar-refractivity contribution in [1.82, 2.24) is 0 Å². The van der Waals surface area contributed by atoms with Gasteiger partial charge in [0.05, 0.1) is 0 Å². The molecule has 0 aliphatic carbocycles. The molecule has 0 radical (unpaired) electrons. The van der Waals surface area contributed by atoms with Crippen molar-refractivity contribution in [2.45, 2.75) is 0 Å². The number of halogens is 5. The molecule has 0 heterocycles. The van der Waals surface area contributed by atoms with Crippen molar-refractivity contribution in [3.63, 3.8) is 0 Å². The van der Waals surface area contributed by atoms with E-state index < -0.39 is 4.00 Å². The van der Waals surface area contributed by atoms with Crippen molar-refractivity contribution in [2.24, 2.45) is 0 Å². The third-order valence-electron chi connectivity index (χ3n) is 0. The topological polar surface area (TPSA) is 0 Å². The summed E-state index contributed by atoms with van der Waals surface area (Å²) < 4.78 is -1.40. The molecule has 0 aromatic carbocycles. The van der Waals surface area contributed by atoms with Crippen LogP contribution in [0, 0.1) is 0 Å². The summed E-state index contributed by atoms with van der Waals surface area (Å²) in [4.78, 5) is 0. The summed E-state index contributed by atoms with van der Waals surface area (Å²) in [6, 6.07) is 0. The Morgan fingerprint density at radius 2 is 1.00 bits per heavy atom. The summed E-state index contributed by atoms with van der Waals surface area (Å²) in [6.07, 6.45) is 0. The first-order chi connectivity index (χ1) is 3.00. The van der Waals surface area contributed by atoms with Crippen LogP contribution in [-0.2, 0) is 0 Å². The fraction of sp³-hybridized carbons (Fsp3) is 1.00. The predicted molar refractivity (Wildman–Crippen MR) is 76.7 cm³/mol. The molecule has 0 aliphatic rings. The van der Waals surface area contributed by atoms with E-state index in [4.69, 9.17) is 0 Å². The Morgan fingerprint density at radius 1 is 1.00 bits per heavy atom. The van der Waals surface area contributed by atoms with E-state index in [0.717, 1.165) is 0 Å². The van der Waals surface area contributed by atoms with Crippen LogP contribution in [0.15, 0.2) is 0 Å². The molecule has 0 saturated carbocycles. The molecule has 0 rings (SSSR count). The summed E-state index contributed by atoms with van der Waals surface area (Å²) in [5.74, 6) is 1.81. The molecule has 6 heteroatoms. The quantitative estimate of drug-likeness (QED) is 0.196. The average molecular weight is 810 g/mol. The molecule has 0 spiro atoms. The Morgan fingerprint density at radius 3 is 1.00 bits per heavy atom. The molecule has 0 aliphatic heterocycles. The van der Waals surface area contributed by atoms with Gasteiger partial charge in [-0.25, -0.2) is 0 Å². The van der Waals surface area contributed by atoms with Gasteiger partial charge >= 0.3 is 75.0 Å². The van der Waals surface area contributed by atoms with Crippen LogP contribution >= 0.6 is 87.0 Å². The third kappa shape index (κ3) is 38.3. The predicted octanol–water partition coefficient (Wildman–Crippen LogP) is 4.17. The van der Waals surface area contributed by atoms with E-state index in [1.807, 2.05) is 5.83 Å². The molecule has 0 N–H and O–H groups in total. The van der Waals surface area contributed by atoms with Crippen LogP contribution in [0.1, 0.15) is 0 Å². The third-order valence-corrected chi connectivity index (χ3v) is 0. The molecule has 0 bridgehead atoms. The Balaban J connectivity index is 0. The zero-order valence-electron chi connectivity index (χ0n) is 3.39. The first kappa shape index (κ1) is 13.9. The Kier molecular flexibility index (Phi) is 16.7. The second kappa shape index (κ2) is 8.42. The maximum atomic E-state index is 2.94.